The van der Waals surface area contributed by atoms with Crippen molar-refractivity contribution in [2.75, 3.05) is 12.3 Å². The molecule has 0 aliphatic heterocycles. The van der Waals surface area contributed by atoms with Gasteiger partial charge in [-0.1, -0.05) is 34.5 Å². The second-order valence-corrected chi connectivity index (χ2v) is 7.61. The highest BCUT2D eigenvalue weighted by molar-refractivity contribution is 9.10. The van der Waals surface area contributed by atoms with Crippen LogP contribution in [0, 0.1) is 11.3 Å². The van der Waals surface area contributed by atoms with E-state index in [1.807, 2.05) is 24.3 Å². The molecule has 1 aliphatic carbocycles. The number of halogens is 1. The summed E-state index contributed by atoms with van der Waals surface area (Å²) in [5.41, 5.74) is 1.03. The number of benzene rings is 1. The van der Waals surface area contributed by atoms with Gasteiger partial charge in [-0.05, 0) is 30.5 Å². The highest BCUT2D eigenvalue weighted by Gasteiger charge is 2.39. The molecule has 1 N–H and O–H groups in total. The maximum absolute atomic E-state index is 11.6. The van der Waals surface area contributed by atoms with Gasteiger partial charge in [-0.3, -0.25) is 0 Å². The number of rotatable bonds is 5. The van der Waals surface area contributed by atoms with Crippen LogP contribution >= 0.6 is 15.9 Å². The Morgan fingerprint density at radius 3 is 2.68 bits per heavy atom. The SMILES string of the molecule is N#CCS(=O)(=O)NCC1(c2cccc(Br)c2)CCC1. The first kappa shape index (κ1) is 14.5. The van der Waals surface area contributed by atoms with Gasteiger partial charge in [0.15, 0.2) is 5.75 Å². The Bertz CT molecular complexity index is 603. The lowest BCUT2D eigenvalue weighted by molar-refractivity contribution is 0.245. The highest BCUT2D eigenvalue weighted by Crippen LogP contribution is 2.43. The zero-order chi connectivity index (χ0) is 13.9. The zero-order valence-electron chi connectivity index (χ0n) is 10.4. The molecule has 19 heavy (non-hydrogen) atoms. The summed E-state index contributed by atoms with van der Waals surface area (Å²) in [6.45, 7) is 0.369. The van der Waals surface area contributed by atoms with Gasteiger partial charge in [0.25, 0.3) is 0 Å². The van der Waals surface area contributed by atoms with Crippen molar-refractivity contribution >= 4 is 26.0 Å². The summed E-state index contributed by atoms with van der Waals surface area (Å²) >= 11 is 3.44. The van der Waals surface area contributed by atoms with Crippen LogP contribution in [0.1, 0.15) is 24.8 Å². The summed E-state index contributed by atoms with van der Waals surface area (Å²) in [5, 5.41) is 8.48. The summed E-state index contributed by atoms with van der Waals surface area (Å²) in [6, 6.07) is 9.66. The Morgan fingerprint density at radius 1 is 1.42 bits per heavy atom. The largest absolute Gasteiger partial charge is 0.225 e. The third-order valence-electron chi connectivity index (χ3n) is 3.63. The second kappa shape index (κ2) is 5.61. The van der Waals surface area contributed by atoms with Gasteiger partial charge >= 0.3 is 0 Å². The van der Waals surface area contributed by atoms with E-state index in [4.69, 9.17) is 5.26 Å². The van der Waals surface area contributed by atoms with E-state index in [0.717, 1.165) is 29.3 Å². The van der Waals surface area contributed by atoms with E-state index in [9.17, 15) is 8.42 Å². The van der Waals surface area contributed by atoms with Gasteiger partial charge in [0.1, 0.15) is 0 Å². The van der Waals surface area contributed by atoms with Gasteiger partial charge in [-0.25, -0.2) is 13.1 Å². The van der Waals surface area contributed by atoms with Gasteiger partial charge in [-0.2, -0.15) is 5.26 Å². The minimum Gasteiger partial charge on any atom is -0.213 e. The fourth-order valence-electron chi connectivity index (χ4n) is 2.37. The first-order chi connectivity index (χ1) is 8.97. The smallest absolute Gasteiger partial charge is 0.213 e. The molecule has 6 heteroatoms. The molecule has 0 aromatic heterocycles. The molecule has 1 saturated carbocycles. The summed E-state index contributed by atoms with van der Waals surface area (Å²) in [4.78, 5) is 0. The van der Waals surface area contributed by atoms with Crippen LogP contribution in [0.25, 0.3) is 0 Å². The maximum atomic E-state index is 11.6. The van der Waals surface area contributed by atoms with Gasteiger partial charge in [-0.15, -0.1) is 0 Å². The van der Waals surface area contributed by atoms with Gasteiger partial charge in [0.05, 0.1) is 6.07 Å². The van der Waals surface area contributed by atoms with Crippen molar-refractivity contribution in [3.8, 4) is 6.07 Å². The first-order valence-electron chi connectivity index (χ1n) is 6.08. The van der Waals surface area contributed by atoms with Crippen LogP contribution in [-0.2, 0) is 15.4 Å². The monoisotopic (exact) mass is 342 g/mol. The highest BCUT2D eigenvalue weighted by atomic mass is 79.9. The van der Waals surface area contributed by atoms with Crippen molar-refractivity contribution in [3.63, 3.8) is 0 Å². The molecular formula is C13H15BrN2O2S. The Labute approximate surface area is 122 Å². The molecule has 0 amide bonds. The van der Waals surface area contributed by atoms with Gasteiger partial charge in [0, 0.05) is 16.4 Å². The number of hydrogen-bond acceptors (Lipinski definition) is 3. The van der Waals surface area contributed by atoms with Crippen LogP contribution in [-0.4, -0.2) is 20.7 Å². The van der Waals surface area contributed by atoms with Crippen molar-refractivity contribution in [2.24, 2.45) is 0 Å². The number of nitrogens with zero attached hydrogens (tertiary/aromatic N) is 1. The lowest BCUT2D eigenvalue weighted by atomic mass is 9.64. The average Bonchev–Trinajstić information content (AvgIpc) is 2.27. The maximum Gasteiger partial charge on any atom is 0.225 e. The predicted octanol–water partition coefficient (Wildman–Crippen LogP) is 2.31. The first-order valence-corrected chi connectivity index (χ1v) is 8.52. The summed E-state index contributed by atoms with van der Waals surface area (Å²) in [6.07, 6.45) is 3.05. The molecule has 102 valence electrons. The van der Waals surface area contributed by atoms with E-state index in [1.165, 1.54) is 0 Å². The van der Waals surface area contributed by atoms with Crippen LogP contribution in [0.5, 0.6) is 0 Å². The molecule has 0 unspecified atom stereocenters. The standard InChI is InChI=1S/C13H15BrN2O2S/c14-12-4-1-3-11(9-12)13(5-2-6-13)10-16-19(17,18)8-7-15/h1,3-4,9,16H,2,5-6,8,10H2. The third-order valence-corrected chi connectivity index (χ3v) is 5.22. The van der Waals surface area contributed by atoms with E-state index in [2.05, 4.69) is 20.7 Å². The van der Waals surface area contributed by atoms with Crippen molar-refractivity contribution in [1.29, 1.82) is 5.26 Å². The van der Waals surface area contributed by atoms with Gasteiger partial charge < -0.3 is 0 Å². The van der Waals surface area contributed by atoms with Crippen molar-refractivity contribution < 1.29 is 8.42 Å². The second-order valence-electron chi connectivity index (χ2n) is 4.88. The van der Waals surface area contributed by atoms with Crippen molar-refractivity contribution in [1.82, 2.24) is 4.72 Å². The van der Waals surface area contributed by atoms with E-state index in [0.29, 0.717) is 6.54 Å². The molecule has 0 bridgehead atoms. The number of sulfonamides is 1. The molecule has 1 aromatic rings. The number of nitriles is 1. The van der Waals surface area contributed by atoms with Crippen LogP contribution < -0.4 is 4.72 Å². The summed E-state index contributed by atoms with van der Waals surface area (Å²) in [5.74, 6) is -0.485. The Hall–Kier alpha value is -0.900. The average molecular weight is 343 g/mol. The fraction of sp³-hybridized carbons (Fsp3) is 0.462. The third kappa shape index (κ3) is 3.35. The van der Waals surface area contributed by atoms with E-state index in [-0.39, 0.29) is 5.41 Å². The number of hydrogen-bond donors (Lipinski definition) is 1. The van der Waals surface area contributed by atoms with Gasteiger partial charge in [0.2, 0.25) is 10.0 Å². The Morgan fingerprint density at radius 2 is 2.16 bits per heavy atom. The number of nitrogens with one attached hydrogen (secondary N) is 1. The molecule has 4 nitrogen and oxygen atoms in total. The minimum absolute atomic E-state index is 0.119. The zero-order valence-corrected chi connectivity index (χ0v) is 12.8. The van der Waals surface area contributed by atoms with Crippen LogP contribution in [0.2, 0.25) is 0 Å². The Balaban J connectivity index is 2.14. The van der Waals surface area contributed by atoms with Crippen molar-refractivity contribution in [3.05, 3.63) is 34.3 Å². The normalized spacial score (nSPS) is 17.5. The van der Waals surface area contributed by atoms with E-state index >= 15 is 0 Å². The molecular weight excluding hydrogens is 328 g/mol. The molecule has 0 atom stereocenters. The fourth-order valence-corrected chi connectivity index (χ4v) is 3.54. The summed E-state index contributed by atoms with van der Waals surface area (Å²) in [7, 11) is -3.48. The molecule has 0 radical (unpaired) electrons. The molecule has 2 rings (SSSR count). The van der Waals surface area contributed by atoms with E-state index < -0.39 is 15.8 Å². The molecule has 0 heterocycles. The quantitative estimate of drug-likeness (QED) is 0.892. The lowest BCUT2D eigenvalue weighted by Gasteiger charge is -2.42. The van der Waals surface area contributed by atoms with Crippen molar-refractivity contribution in [2.45, 2.75) is 24.7 Å². The molecule has 1 aromatic carbocycles. The molecule has 0 spiro atoms. The summed E-state index contributed by atoms with van der Waals surface area (Å²) < 4.78 is 26.7. The minimum atomic E-state index is -3.48. The lowest BCUT2D eigenvalue weighted by Crippen LogP contribution is -2.46. The molecule has 0 saturated heterocycles. The topological polar surface area (TPSA) is 70.0 Å². The van der Waals surface area contributed by atoms with Crippen LogP contribution in [0.15, 0.2) is 28.7 Å². The molecule has 1 aliphatic rings. The van der Waals surface area contributed by atoms with E-state index in [1.54, 1.807) is 6.07 Å². The van der Waals surface area contributed by atoms with Crippen LogP contribution in [0.3, 0.4) is 0 Å². The predicted molar refractivity (Wildman–Crippen MR) is 77.1 cm³/mol. The Kier molecular flexibility index (Phi) is 4.29. The molecule has 1 fully saturated rings. The van der Waals surface area contributed by atoms with Crippen LogP contribution in [0.4, 0.5) is 0 Å².